The van der Waals surface area contributed by atoms with Crippen LogP contribution in [0.15, 0.2) is 134 Å². The second kappa shape index (κ2) is 62.0. The van der Waals surface area contributed by atoms with Gasteiger partial charge in [0.05, 0.1) is 38.6 Å². The Morgan fingerprint density at radius 3 is 1.06 bits per heavy atom. The first kappa shape index (κ1) is 92.1. The summed E-state index contributed by atoms with van der Waals surface area (Å²) in [5.74, 6) is -0.288. The number of hydrogen-bond donors (Lipinski definition) is 12. The summed E-state index contributed by atoms with van der Waals surface area (Å²) in [7, 11) is 0. The van der Waals surface area contributed by atoms with Gasteiger partial charge < -0.3 is 89.9 Å². The maximum absolute atomic E-state index is 13.5. The van der Waals surface area contributed by atoms with Crippen LogP contribution in [0.4, 0.5) is 0 Å². The van der Waals surface area contributed by atoms with E-state index in [2.05, 4.69) is 141 Å². The molecule has 3 saturated heterocycles. The molecule has 19 heteroatoms. The summed E-state index contributed by atoms with van der Waals surface area (Å²) in [6.45, 7) is 1.61. The third-order valence-electron chi connectivity index (χ3n) is 18.7. The van der Waals surface area contributed by atoms with Crippen molar-refractivity contribution in [2.45, 2.75) is 356 Å². The zero-order valence-corrected chi connectivity index (χ0v) is 62.3. The molecule has 3 fully saturated rings. The Balaban J connectivity index is 1.36. The van der Waals surface area contributed by atoms with Gasteiger partial charge in [-0.3, -0.25) is 4.79 Å². The van der Waals surface area contributed by atoms with Crippen LogP contribution in [0.3, 0.4) is 0 Å². The van der Waals surface area contributed by atoms with Crippen LogP contribution in [0, 0.1) is 0 Å². The molecule has 102 heavy (non-hydrogen) atoms. The number of carbonyl (C=O) groups excluding carboxylic acids is 1. The van der Waals surface area contributed by atoms with Gasteiger partial charge in [-0.1, -0.05) is 282 Å². The Morgan fingerprint density at radius 2 is 0.676 bits per heavy atom. The van der Waals surface area contributed by atoms with Crippen molar-refractivity contribution in [2.75, 3.05) is 26.4 Å². The summed E-state index contributed by atoms with van der Waals surface area (Å²) in [6.07, 6.45) is 61.4. The van der Waals surface area contributed by atoms with Crippen molar-refractivity contribution >= 4 is 5.91 Å². The highest BCUT2D eigenvalue weighted by atomic mass is 16.8. The van der Waals surface area contributed by atoms with Gasteiger partial charge in [0.25, 0.3) is 0 Å². The van der Waals surface area contributed by atoms with Gasteiger partial charge in [0.2, 0.25) is 5.91 Å². The molecule has 0 radical (unpaired) electrons. The maximum Gasteiger partial charge on any atom is 0.220 e. The first-order valence-electron chi connectivity index (χ1n) is 39.4. The standard InChI is InChI=1S/C83H139NO18/c1-3-5-7-9-11-13-15-17-19-21-23-24-25-26-27-28-29-30-31-32-33-34-35-36-37-38-39-40-41-42-43-45-47-49-51-53-55-57-59-61-71(89)84-66(67(88)60-58-56-54-52-50-48-46-44-22-20-18-16-14-12-10-8-6-4-2)65-97-81-77(95)74(92)79(69(63-86)99-81)102-83-78(96)75(93)80(70(64-87)100-83)101-82-76(94)73(91)72(90)68(62-85)98-82/h5,7,11,13,17,19,23-24,26-27,29-30,32-33,35-36,38-39,41-42,58,60,66-70,72-83,85-88,90-96H,3-4,6,8-10,12,14-16,18,20-22,25,28,31,34,37,40,43-57,59,61-65H2,1-2H3,(H,84,89)/b7-5-,13-11-,19-17-,24-23-,27-26-,30-29-,33-32-,36-35-,39-38-,42-41-,60-58+. The third kappa shape index (κ3) is 41.7. The van der Waals surface area contributed by atoms with Crippen LogP contribution in [-0.4, -0.2) is 193 Å². The predicted octanol–water partition coefficient (Wildman–Crippen LogP) is 12.9. The lowest BCUT2D eigenvalue weighted by Crippen LogP contribution is -2.66. The second-order valence-corrected chi connectivity index (χ2v) is 27.4. The van der Waals surface area contributed by atoms with Crippen molar-refractivity contribution < 1.29 is 89.4 Å². The molecule has 1 amide bonds. The predicted molar refractivity (Wildman–Crippen MR) is 406 cm³/mol. The van der Waals surface area contributed by atoms with Gasteiger partial charge in [0.15, 0.2) is 18.9 Å². The van der Waals surface area contributed by atoms with Gasteiger partial charge in [-0.25, -0.2) is 0 Å². The van der Waals surface area contributed by atoms with Crippen LogP contribution in [0.25, 0.3) is 0 Å². The van der Waals surface area contributed by atoms with E-state index in [-0.39, 0.29) is 18.9 Å². The highest BCUT2D eigenvalue weighted by molar-refractivity contribution is 5.76. The van der Waals surface area contributed by atoms with Crippen molar-refractivity contribution in [1.82, 2.24) is 5.32 Å². The Morgan fingerprint density at radius 1 is 0.363 bits per heavy atom. The molecule has 3 rings (SSSR count). The summed E-state index contributed by atoms with van der Waals surface area (Å²) in [6, 6.07) is -0.988. The molecule has 0 saturated carbocycles. The van der Waals surface area contributed by atoms with Crippen LogP contribution >= 0.6 is 0 Å². The first-order valence-corrected chi connectivity index (χ1v) is 39.4. The smallest absolute Gasteiger partial charge is 0.220 e. The van der Waals surface area contributed by atoms with E-state index in [9.17, 15) is 61.0 Å². The molecule has 0 aromatic heterocycles. The number of hydrogen-bond acceptors (Lipinski definition) is 18. The second-order valence-electron chi connectivity index (χ2n) is 27.4. The molecule has 0 bridgehead atoms. The van der Waals surface area contributed by atoms with Gasteiger partial charge >= 0.3 is 0 Å². The minimum absolute atomic E-state index is 0.225. The fourth-order valence-corrected chi connectivity index (χ4v) is 12.4. The zero-order valence-electron chi connectivity index (χ0n) is 62.3. The lowest BCUT2D eigenvalue weighted by atomic mass is 9.96. The number of allylic oxidation sites excluding steroid dienone is 21. The minimum atomic E-state index is -1.99. The van der Waals surface area contributed by atoms with Crippen LogP contribution in [0.1, 0.15) is 251 Å². The number of ether oxygens (including phenoxy) is 6. The van der Waals surface area contributed by atoms with E-state index in [0.717, 1.165) is 135 Å². The largest absolute Gasteiger partial charge is 0.394 e. The molecular formula is C83H139NO18. The van der Waals surface area contributed by atoms with E-state index >= 15 is 0 Å². The molecule has 17 atom stereocenters. The summed E-state index contributed by atoms with van der Waals surface area (Å²) in [4.78, 5) is 13.5. The van der Waals surface area contributed by atoms with Gasteiger partial charge in [0, 0.05) is 6.42 Å². The summed E-state index contributed by atoms with van der Waals surface area (Å²) >= 11 is 0. The van der Waals surface area contributed by atoms with Crippen molar-refractivity contribution in [3.05, 3.63) is 134 Å². The molecule has 3 heterocycles. The van der Waals surface area contributed by atoms with Gasteiger partial charge in [-0.05, 0) is 96.3 Å². The van der Waals surface area contributed by atoms with Crippen molar-refractivity contribution in [2.24, 2.45) is 0 Å². The number of nitrogens with one attached hydrogen (secondary N) is 1. The SMILES string of the molecule is CC/C=C\C/C=C\C/C=C\C/C=C\C/C=C\C/C=C\C/C=C\C/C=C\C/C=C\C/C=C\CCCCCCCCCCC(=O)NC(COC1OC(CO)C(OC2OC(CO)C(OC3OC(CO)C(O)C(O)C3O)C(O)C2O)C(O)C1O)C(O)/C=C/CCCCCCCCCCCCCCCCCC. The summed E-state index contributed by atoms with van der Waals surface area (Å²) in [5, 5.41) is 121. The topological polar surface area (TPSA) is 307 Å². The molecule has 0 spiro atoms. The molecule has 17 unspecified atom stereocenters. The lowest BCUT2D eigenvalue weighted by Gasteiger charge is -2.48. The van der Waals surface area contributed by atoms with Gasteiger partial charge in [-0.15, -0.1) is 0 Å². The van der Waals surface area contributed by atoms with E-state index in [1.807, 2.05) is 6.08 Å². The zero-order chi connectivity index (χ0) is 73.9. The molecule has 584 valence electrons. The van der Waals surface area contributed by atoms with Crippen molar-refractivity contribution in [3.63, 3.8) is 0 Å². The van der Waals surface area contributed by atoms with Crippen LogP contribution < -0.4 is 5.32 Å². The first-order chi connectivity index (χ1) is 49.8. The molecule has 3 aliphatic heterocycles. The molecule has 0 aliphatic carbocycles. The summed E-state index contributed by atoms with van der Waals surface area (Å²) < 4.78 is 34.4. The molecule has 3 aliphatic rings. The lowest BCUT2D eigenvalue weighted by molar-refractivity contribution is -0.379. The molecule has 0 aromatic rings. The fourth-order valence-electron chi connectivity index (χ4n) is 12.4. The van der Waals surface area contributed by atoms with Gasteiger partial charge in [0.1, 0.15) is 73.2 Å². The Kier molecular flexibility index (Phi) is 56.0. The third-order valence-corrected chi connectivity index (χ3v) is 18.7. The Labute approximate surface area is 613 Å². The number of carbonyl (C=O) groups is 1. The average molecular weight is 1440 g/mol. The number of unbranched alkanes of at least 4 members (excludes halogenated alkanes) is 24. The maximum atomic E-state index is 13.5. The van der Waals surface area contributed by atoms with Crippen molar-refractivity contribution in [1.29, 1.82) is 0 Å². The van der Waals surface area contributed by atoms with E-state index in [4.69, 9.17) is 28.4 Å². The van der Waals surface area contributed by atoms with Gasteiger partial charge in [-0.2, -0.15) is 0 Å². The Bertz CT molecular complexity index is 2370. The van der Waals surface area contributed by atoms with Crippen LogP contribution in [0.5, 0.6) is 0 Å². The van der Waals surface area contributed by atoms with Crippen molar-refractivity contribution in [3.8, 4) is 0 Å². The molecule has 12 N–H and O–H groups in total. The van der Waals surface area contributed by atoms with Crippen LogP contribution in [0.2, 0.25) is 0 Å². The fraction of sp³-hybridized carbons (Fsp3) is 0.723. The number of aliphatic hydroxyl groups excluding tert-OH is 11. The van der Waals surface area contributed by atoms with E-state index < -0.39 is 124 Å². The normalized spacial score (nSPS) is 26.9. The quantitative estimate of drug-likeness (QED) is 0.0199. The molecule has 19 nitrogen and oxygen atoms in total. The Hall–Kier alpha value is -4.07. The average Bonchev–Trinajstić information content (AvgIpc) is 0.781. The highest BCUT2D eigenvalue weighted by Crippen LogP contribution is 2.33. The van der Waals surface area contributed by atoms with E-state index in [1.165, 1.54) is 89.9 Å². The minimum Gasteiger partial charge on any atom is -0.394 e. The highest BCUT2D eigenvalue weighted by Gasteiger charge is 2.53. The number of rotatable bonds is 60. The summed E-state index contributed by atoms with van der Waals surface area (Å²) in [5.41, 5.74) is 0. The van der Waals surface area contributed by atoms with E-state index in [0.29, 0.717) is 6.42 Å². The van der Waals surface area contributed by atoms with E-state index in [1.54, 1.807) is 6.08 Å². The number of aliphatic hydroxyl groups is 11. The number of amides is 1. The van der Waals surface area contributed by atoms with Crippen LogP contribution in [-0.2, 0) is 33.2 Å². The molecular weight excluding hydrogens is 1300 g/mol. The monoisotopic (exact) mass is 1440 g/mol. The molecule has 0 aromatic carbocycles.